The summed E-state index contributed by atoms with van der Waals surface area (Å²) in [6.45, 7) is 11.0. The first-order valence-corrected chi connectivity index (χ1v) is 13.0. The second-order valence-corrected chi connectivity index (χ2v) is 10.5. The lowest BCUT2D eigenvalue weighted by atomic mass is 9.90. The lowest BCUT2D eigenvalue weighted by molar-refractivity contribution is -0.329. The van der Waals surface area contributed by atoms with Gasteiger partial charge >= 0.3 is 0 Å². The fourth-order valence-corrected chi connectivity index (χ4v) is 4.62. The highest BCUT2D eigenvalue weighted by molar-refractivity contribution is 5.24. The van der Waals surface area contributed by atoms with E-state index in [-0.39, 0.29) is 6.10 Å². The van der Waals surface area contributed by atoms with Gasteiger partial charge in [0.05, 0.1) is 19.3 Å². The zero-order valence-corrected chi connectivity index (χ0v) is 21.0. The molecule has 4 heteroatoms. The third-order valence-corrected chi connectivity index (χ3v) is 7.11. The number of aryl methyl sites for hydroxylation is 1. The molecule has 2 unspecified atom stereocenters. The minimum absolute atomic E-state index is 0.0756. The number of hydrogen-bond acceptors (Lipinski definition) is 4. The molecule has 0 aliphatic carbocycles. The van der Waals surface area contributed by atoms with Gasteiger partial charge in [0.25, 0.3) is 0 Å². The van der Waals surface area contributed by atoms with Crippen LogP contribution in [0.2, 0.25) is 0 Å². The molecule has 2 aliphatic heterocycles. The second-order valence-electron chi connectivity index (χ2n) is 10.5. The van der Waals surface area contributed by atoms with Crippen LogP contribution in [0.3, 0.4) is 0 Å². The van der Waals surface area contributed by atoms with Gasteiger partial charge in [-0.3, -0.25) is 0 Å². The Balaban J connectivity index is 1.60. The van der Waals surface area contributed by atoms with Crippen LogP contribution in [-0.2, 0) is 31.8 Å². The molecule has 0 amide bonds. The van der Waals surface area contributed by atoms with Crippen LogP contribution in [0.4, 0.5) is 0 Å². The molecule has 2 saturated heterocycles. The Bertz CT molecular complexity index is 644. The average molecular weight is 447 g/mol. The number of hydrogen-bond donors (Lipinski definition) is 0. The lowest BCUT2D eigenvalue weighted by Gasteiger charge is -2.46. The molecule has 3 rings (SSSR count). The van der Waals surface area contributed by atoms with Crippen LogP contribution >= 0.6 is 0 Å². The van der Waals surface area contributed by atoms with Gasteiger partial charge in [0.2, 0.25) is 0 Å². The Kier molecular flexibility index (Phi) is 10.0. The van der Waals surface area contributed by atoms with E-state index >= 15 is 0 Å². The van der Waals surface area contributed by atoms with Gasteiger partial charge in [-0.2, -0.15) is 0 Å². The molecule has 0 bridgehead atoms. The molecule has 0 aromatic heterocycles. The summed E-state index contributed by atoms with van der Waals surface area (Å²) in [6.07, 6.45) is 12.1. The van der Waals surface area contributed by atoms with Crippen LogP contribution in [0.5, 0.6) is 0 Å². The van der Waals surface area contributed by atoms with Gasteiger partial charge in [-0.05, 0) is 56.6 Å². The maximum Gasteiger partial charge on any atom is 0.163 e. The van der Waals surface area contributed by atoms with Crippen LogP contribution in [0.25, 0.3) is 0 Å². The van der Waals surface area contributed by atoms with E-state index in [1.165, 1.54) is 56.1 Å². The quantitative estimate of drug-likeness (QED) is 0.407. The maximum absolute atomic E-state index is 6.48. The zero-order valence-electron chi connectivity index (χ0n) is 21.0. The van der Waals surface area contributed by atoms with E-state index in [9.17, 15) is 0 Å². The van der Waals surface area contributed by atoms with Crippen molar-refractivity contribution in [1.82, 2.24) is 0 Å². The van der Waals surface area contributed by atoms with Crippen LogP contribution in [0, 0.1) is 5.92 Å². The van der Waals surface area contributed by atoms with Crippen molar-refractivity contribution in [2.45, 2.75) is 109 Å². The van der Waals surface area contributed by atoms with E-state index in [1.807, 2.05) is 13.8 Å². The normalized spacial score (nSPS) is 25.8. The fourth-order valence-electron chi connectivity index (χ4n) is 4.62. The first-order valence-electron chi connectivity index (χ1n) is 13.0. The first-order chi connectivity index (χ1) is 15.4. The van der Waals surface area contributed by atoms with Gasteiger partial charge in [0, 0.05) is 19.6 Å². The van der Waals surface area contributed by atoms with Crippen molar-refractivity contribution in [2.24, 2.45) is 5.92 Å². The van der Waals surface area contributed by atoms with Crippen molar-refractivity contribution in [3.63, 3.8) is 0 Å². The van der Waals surface area contributed by atoms with Gasteiger partial charge in [-0.25, -0.2) is 0 Å². The first kappa shape index (κ1) is 25.7. The fraction of sp³-hybridized carbons (Fsp3) is 0.786. The van der Waals surface area contributed by atoms with E-state index in [0.717, 1.165) is 32.5 Å². The van der Waals surface area contributed by atoms with Crippen molar-refractivity contribution < 1.29 is 18.9 Å². The summed E-state index contributed by atoms with van der Waals surface area (Å²) >= 11 is 0. The predicted molar refractivity (Wildman–Crippen MR) is 130 cm³/mol. The molecule has 32 heavy (non-hydrogen) atoms. The summed E-state index contributed by atoms with van der Waals surface area (Å²) in [5.74, 6) is 0.0391. The van der Waals surface area contributed by atoms with Crippen molar-refractivity contribution >= 4 is 0 Å². The van der Waals surface area contributed by atoms with E-state index in [2.05, 4.69) is 38.1 Å². The molecular weight excluding hydrogens is 400 g/mol. The van der Waals surface area contributed by atoms with Crippen molar-refractivity contribution in [3.05, 3.63) is 35.4 Å². The third-order valence-electron chi connectivity index (χ3n) is 7.11. The van der Waals surface area contributed by atoms with Gasteiger partial charge < -0.3 is 18.9 Å². The molecule has 2 fully saturated rings. The van der Waals surface area contributed by atoms with Crippen LogP contribution in [0.15, 0.2) is 24.3 Å². The number of ether oxygens (including phenoxy) is 4. The molecule has 0 N–H and O–H groups in total. The van der Waals surface area contributed by atoms with E-state index in [0.29, 0.717) is 19.1 Å². The molecule has 1 aromatic rings. The maximum atomic E-state index is 6.48. The van der Waals surface area contributed by atoms with Gasteiger partial charge in [0.1, 0.15) is 5.60 Å². The smallest absolute Gasteiger partial charge is 0.163 e. The summed E-state index contributed by atoms with van der Waals surface area (Å²) in [5, 5.41) is 0. The number of unbranched alkanes of at least 4 members (excludes halogenated alkanes) is 5. The standard InChI is InChI=1S/C28H46O4/c1-5-6-7-8-9-10-11-24-12-14-25(15-13-24)20-26-28(21-31-27(3,4)32-22-28)30-19-17-23(2)16-18-29-26/h12-15,23,26H,5-11,16-22H2,1-4H3. The molecule has 4 nitrogen and oxygen atoms in total. The summed E-state index contributed by atoms with van der Waals surface area (Å²) in [5.41, 5.74) is 2.18. The Labute approximate surface area is 196 Å². The Morgan fingerprint density at radius 1 is 0.812 bits per heavy atom. The highest BCUT2D eigenvalue weighted by Crippen LogP contribution is 2.33. The van der Waals surface area contributed by atoms with E-state index < -0.39 is 11.4 Å². The monoisotopic (exact) mass is 446 g/mol. The van der Waals surface area contributed by atoms with Crippen LogP contribution < -0.4 is 0 Å². The molecule has 182 valence electrons. The second kappa shape index (κ2) is 12.5. The van der Waals surface area contributed by atoms with E-state index in [1.54, 1.807) is 0 Å². The van der Waals surface area contributed by atoms with Crippen LogP contribution in [0.1, 0.15) is 90.2 Å². The molecule has 0 saturated carbocycles. The Morgan fingerprint density at radius 3 is 2.16 bits per heavy atom. The SMILES string of the molecule is CCCCCCCCc1ccc(CC2OCCC(C)CCOC23COC(C)(C)OC3)cc1. The van der Waals surface area contributed by atoms with Gasteiger partial charge in [0.15, 0.2) is 5.79 Å². The summed E-state index contributed by atoms with van der Waals surface area (Å²) < 4.78 is 25.1. The largest absolute Gasteiger partial charge is 0.375 e. The highest BCUT2D eigenvalue weighted by atomic mass is 16.7. The number of rotatable bonds is 9. The molecule has 2 atom stereocenters. The van der Waals surface area contributed by atoms with E-state index in [4.69, 9.17) is 18.9 Å². The third kappa shape index (κ3) is 7.83. The molecule has 2 aliphatic rings. The summed E-state index contributed by atoms with van der Waals surface area (Å²) in [6, 6.07) is 9.13. The molecule has 2 heterocycles. The summed E-state index contributed by atoms with van der Waals surface area (Å²) in [4.78, 5) is 0. The highest BCUT2D eigenvalue weighted by Gasteiger charge is 2.48. The Morgan fingerprint density at radius 2 is 1.44 bits per heavy atom. The lowest BCUT2D eigenvalue weighted by Crippen LogP contribution is -2.60. The van der Waals surface area contributed by atoms with Gasteiger partial charge in [-0.1, -0.05) is 70.2 Å². The topological polar surface area (TPSA) is 36.9 Å². The zero-order chi connectivity index (χ0) is 22.9. The Hall–Kier alpha value is -0.940. The molecular formula is C28H46O4. The average Bonchev–Trinajstić information content (AvgIpc) is 2.84. The molecule has 1 spiro atoms. The minimum atomic E-state index is -0.566. The molecule has 0 radical (unpaired) electrons. The molecule has 1 aromatic carbocycles. The van der Waals surface area contributed by atoms with Gasteiger partial charge in [-0.15, -0.1) is 0 Å². The number of benzene rings is 1. The minimum Gasteiger partial charge on any atom is -0.375 e. The predicted octanol–water partition coefficient (Wildman–Crippen LogP) is 6.49. The van der Waals surface area contributed by atoms with Crippen molar-refractivity contribution in [3.8, 4) is 0 Å². The van der Waals surface area contributed by atoms with Crippen LogP contribution in [-0.4, -0.2) is 43.9 Å². The summed E-state index contributed by atoms with van der Waals surface area (Å²) in [7, 11) is 0. The van der Waals surface area contributed by atoms with Crippen molar-refractivity contribution in [1.29, 1.82) is 0 Å². The van der Waals surface area contributed by atoms with Crippen molar-refractivity contribution in [2.75, 3.05) is 26.4 Å².